The predicted molar refractivity (Wildman–Crippen MR) is 124 cm³/mol. The topological polar surface area (TPSA) is 75.7 Å². The number of nitrogens with zero attached hydrogens (tertiary/aromatic N) is 1. The second-order valence-electron chi connectivity index (χ2n) is 12.6. The second kappa shape index (κ2) is 7.41. The molecule has 0 aromatic rings. The van der Waals surface area contributed by atoms with Crippen LogP contribution >= 0.6 is 0 Å². The van der Waals surface area contributed by atoms with Gasteiger partial charge in [0.2, 0.25) is 0 Å². The summed E-state index contributed by atoms with van der Waals surface area (Å²) < 4.78 is 38.5. The van der Waals surface area contributed by atoms with E-state index in [9.17, 15) is 4.79 Å². The number of carbonyl (C=O) groups excluding carboxylic acids is 1. The molecule has 2 heterocycles. The maximum atomic E-state index is 12.4. The van der Waals surface area contributed by atoms with E-state index in [4.69, 9.17) is 28.4 Å². The lowest BCUT2D eigenvalue weighted by Crippen LogP contribution is -2.80. The van der Waals surface area contributed by atoms with Crippen molar-refractivity contribution in [3.63, 3.8) is 0 Å². The van der Waals surface area contributed by atoms with Crippen molar-refractivity contribution in [2.75, 3.05) is 47.8 Å². The zero-order chi connectivity index (χ0) is 24.4. The van der Waals surface area contributed by atoms with E-state index in [2.05, 4.69) is 11.8 Å². The molecule has 2 saturated heterocycles. The minimum atomic E-state index is -0.520. The average molecular weight is 492 g/mol. The first-order valence-electron chi connectivity index (χ1n) is 13.6. The van der Waals surface area contributed by atoms with Crippen molar-refractivity contribution in [2.45, 2.75) is 81.5 Å². The van der Waals surface area contributed by atoms with E-state index in [1.807, 2.05) is 14.2 Å². The van der Waals surface area contributed by atoms with Gasteiger partial charge in [-0.25, -0.2) is 0 Å². The van der Waals surface area contributed by atoms with Crippen LogP contribution in [0.3, 0.4) is 0 Å². The quantitative estimate of drug-likeness (QED) is 0.524. The molecule has 7 rings (SSSR count). The number of hydrogen-bond donors (Lipinski definition) is 0. The number of likely N-dealkylation sites (N-methyl/N-ethyl adjacent to an activating group) is 1. The van der Waals surface area contributed by atoms with Crippen molar-refractivity contribution in [3.8, 4) is 0 Å². The smallest absolute Gasteiger partial charge is 0.302 e. The van der Waals surface area contributed by atoms with Gasteiger partial charge in [-0.05, 0) is 44.1 Å². The van der Waals surface area contributed by atoms with Crippen LogP contribution < -0.4 is 0 Å². The predicted octanol–water partition coefficient (Wildman–Crippen LogP) is 2.24. The Morgan fingerprint density at radius 1 is 1.11 bits per heavy atom. The van der Waals surface area contributed by atoms with Crippen LogP contribution in [0.5, 0.6) is 0 Å². The van der Waals surface area contributed by atoms with E-state index in [1.165, 1.54) is 6.92 Å². The van der Waals surface area contributed by atoms with Crippen LogP contribution in [0, 0.1) is 34.5 Å². The Balaban J connectivity index is 1.50. The highest BCUT2D eigenvalue weighted by Gasteiger charge is 2.91. The third-order valence-electron chi connectivity index (χ3n) is 12.1. The fourth-order valence-corrected chi connectivity index (χ4v) is 11.7. The molecule has 7 bridgehead atoms. The first-order chi connectivity index (χ1) is 16.9. The monoisotopic (exact) mass is 491 g/mol. The molecular weight excluding hydrogens is 450 g/mol. The molecule has 35 heavy (non-hydrogen) atoms. The van der Waals surface area contributed by atoms with Crippen LogP contribution in [-0.2, 0) is 33.2 Å². The lowest BCUT2D eigenvalue weighted by Gasteiger charge is -2.70. The van der Waals surface area contributed by atoms with Gasteiger partial charge in [-0.2, -0.15) is 0 Å². The Bertz CT molecular complexity index is 916. The molecule has 0 aromatic carbocycles. The largest absolute Gasteiger partial charge is 0.462 e. The molecule has 0 N–H and O–H groups in total. The molecular formula is C27H41NO7. The molecule has 5 aliphatic carbocycles. The van der Waals surface area contributed by atoms with Crippen LogP contribution in [0.15, 0.2) is 0 Å². The zero-order valence-electron chi connectivity index (χ0n) is 21.8. The van der Waals surface area contributed by atoms with Crippen LogP contribution in [0.25, 0.3) is 0 Å². The van der Waals surface area contributed by atoms with Crippen molar-refractivity contribution in [2.24, 2.45) is 34.5 Å². The summed E-state index contributed by atoms with van der Waals surface area (Å²) in [6, 6.07) is 0.219. The van der Waals surface area contributed by atoms with Gasteiger partial charge in [-0.15, -0.1) is 0 Å². The molecule has 0 unspecified atom stereocenters. The number of carbonyl (C=O) groups is 1. The molecule has 0 amide bonds. The molecule has 196 valence electrons. The summed E-state index contributed by atoms with van der Waals surface area (Å²) in [7, 11) is 5.55. The molecule has 7 aliphatic rings. The summed E-state index contributed by atoms with van der Waals surface area (Å²) in [6.45, 7) is 6.87. The average Bonchev–Trinajstić information content (AvgIpc) is 3.40. The third kappa shape index (κ3) is 2.36. The van der Waals surface area contributed by atoms with E-state index in [-0.39, 0.29) is 53.0 Å². The number of esters is 1. The molecule has 5 saturated carbocycles. The normalized spacial score (nSPS) is 57.3. The van der Waals surface area contributed by atoms with Crippen molar-refractivity contribution in [3.05, 3.63) is 0 Å². The van der Waals surface area contributed by atoms with Gasteiger partial charge in [-0.3, -0.25) is 9.69 Å². The van der Waals surface area contributed by atoms with Crippen molar-refractivity contribution >= 4 is 5.97 Å². The first-order valence-corrected chi connectivity index (χ1v) is 13.6. The van der Waals surface area contributed by atoms with Crippen molar-refractivity contribution in [1.29, 1.82) is 0 Å². The van der Waals surface area contributed by atoms with Crippen LogP contribution in [-0.4, -0.2) is 94.2 Å². The van der Waals surface area contributed by atoms with Gasteiger partial charge in [-0.1, -0.05) is 6.92 Å². The molecule has 8 nitrogen and oxygen atoms in total. The maximum Gasteiger partial charge on any atom is 0.302 e. The SMILES string of the molecule is CCN1C[C@]2(COC)CC[C@H](OC)[C@@]34[C@@H]5C[C@H]6[C@H](OC(C)=O)[C@@H]5[C@@]5(C[C@@H]6OC)OCO[C@@]5(C[C@H]23)[C@@H]14. The molecule has 12 atom stereocenters. The highest BCUT2D eigenvalue weighted by molar-refractivity contribution is 5.66. The van der Waals surface area contributed by atoms with E-state index in [0.29, 0.717) is 18.6 Å². The van der Waals surface area contributed by atoms with Crippen molar-refractivity contribution < 1.29 is 33.2 Å². The minimum absolute atomic E-state index is 0.0156. The summed E-state index contributed by atoms with van der Waals surface area (Å²) in [5, 5.41) is 0. The molecule has 7 fully saturated rings. The molecule has 0 radical (unpaired) electrons. The summed E-state index contributed by atoms with van der Waals surface area (Å²) in [6.07, 6.45) is 4.80. The lowest BCUT2D eigenvalue weighted by atomic mass is 9.42. The molecule has 2 aliphatic heterocycles. The summed E-state index contributed by atoms with van der Waals surface area (Å²) in [5.74, 6) is 0.798. The van der Waals surface area contributed by atoms with E-state index >= 15 is 0 Å². The highest BCUT2D eigenvalue weighted by Crippen LogP contribution is 2.82. The number of ether oxygens (including phenoxy) is 6. The van der Waals surface area contributed by atoms with Crippen LogP contribution in [0.2, 0.25) is 0 Å². The summed E-state index contributed by atoms with van der Waals surface area (Å²) >= 11 is 0. The molecule has 3 spiro atoms. The zero-order valence-corrected chi connectivity index (χ0v) is 21.8. The van der Waals surface area contributed by atoms with Gasteiger partial charge in [0.1, 0.15) is 24.1 Å². The summed E-state index contributed by atoms with van der Waals surface area (Å²) in [5.41, 5.74) is -0.998. The Morgan fingerprint density at radius 2 is 1.91 bits per heavy atom. The Kier molecular flexibility index (Phi) is 4.95. The summed E-state index contributed by atoms with van der Waals surface area (Å²) in [4.78, 5) is 15.1. The minimum Gasteiger partial charge on any atom is -0.462 e. The van der Waals surface area contributed by atoms with Gasteiger partial charge in [0, 0.05) is 63.9 Å². The van der Waals surface area contributed by atoms with E-state index in [0.717, 1.165) is 51.8 Å². The van der Waals surface area contributed by atoms with Gasteiger partial charge in [0.05, 0.1) is 24.9 Å². The van der Waals surface area contributed by atoms with Crippen LogP contribution in [0.4, 0.5) is 0 Å². The first kappa shape index (κ1) is 23.4. The molecule has 8 heteroatoms. The maximum absolute atomic E-state index is 12.4. The van der Waals surface area contributed by atoms with Gasteiger partial charge >= 0.3 is 5.97 Å². The lowest BCUT2D eigenvalue weighted by molar-refractivity contribution is -0.286. The number of methoxy groups -OCH3 is 3. The Labute approximate surface area is 208 Å². The van der Waals surface area contributed by atoms with Gasteiger partial charge in [0.25, 0.3) is 0 Å². The number of piperidine rings is 1. The van der Waals surface area contributed by atoms with Crippen molar-refractivity contribution in [1.82, 2.24) is 4.90 Å². The molecule has 0 aromatic heterocycles. The Morgan fingerprint density at radius 3 is 2.60 bits per heavy atom. The van der Waals surface area contributed by atoms with Gasteiger partial charge in [0.15, 0.2) is 0 Å². The number of fused-ring (bicyclic) bond motifs is 1. The number of rotatable bonds is 6. The van der Waals surface area contributed by atoms with E-state index < -0.39 is 11.2 Å². The number of likely N-dealkylation sites (tertiary alicyclic amines) is 1. The standard InChI is InChI=1S/C27H41NO7/c1-6-28-12-24(13-30-3)8-7-20(32-5)27-17-9-16-18(31-4)10-25(21(17)22(16)35-15(2)29)26(23(27)28,11-19(24)27)34-14-33-25/h16-23H,6-14H2,1-5H3/t16-,17-,18+,19-,20+,21-,22+,23-,24+,25-,26+,27-/m1/s1. The Hall–Kier alpha value is -0.770. The fourth-order valence-electron chi connectivity index (χ4n) is 11.7. The van der Waals surface area contributed by atoms with Crippen LogP contribution in [0.1, 0.15) is 46.0 Å². The van der Waals surface area contributed by atoms with E-state index in [1.54, 1.807) is 7.11 Å². The number of hydrogen-bond acceptors (Lipinski definition) is 8. The van der Waals surface area contributed by atoms with Gasteiger partial charge < -0.3 is 28.4 Å². The second-order valence-corrected chi connectivity index (χ2v) is 12.6. The highest BCUT2D eigenvalue weighted by atomic mass is 16.7. The fraction of sp³-hybridized carbons (Fsp3) is 0.963. The third-order valence-corrected chi connectivity index (χ3v) is 12.1.